The van der Waals surface area contributed by atoms with E-state index in [0.29, 0.717) is 18.5 Å². The van der Waals surface area contributed by atoms with Gasteiger partial charge in [0.25, 0.3) is 0 Å². The van der Waals surface area contributed by atoms with Gasteiger partial charge in [0.05, 0.1) is 5.69 Å². The van der Waals surface area contributed by atoms with Gasteiger partial charge in [0.15, 0.2) is 0 Å². The van der Waals surface area contributed by atoms with Crippen LogP contribution >= 0.6 is 0 Å². The average molecular weight is 426 g/mol. The lowest BCUT2D eigenvalue weighted by atomic mass is 9.96. The Hall–Kier alpha value is -2.27. The molecular weight excluding hydrogens is 389 g/mol. The van der Waals surface area contributed by atoms with Gasteiger partial charge in [-0.15, -0.1) is 0 Å². The quantitative estimate of drug-likeness (QED) is 0.423. The van der Waals surface area contributed by atoms with Gasteiger partial charge in [-0.2, -0.15) is 0 Å². The monoisotopic (exact) mass is 425 g/mol. The summed E-state index contributed by atoms with van der Waals surface area (Å²) in [5.74, 6) is -0.383. The van der Waals surface area contributed by atoms with Crippen molar-refractivity contribution in [3.63, 3.8) is 0 Å². The molecule has 168 valence electrons. The van der Waals surface area contributed by atoms with Crippen LogP contribution < -0.4 is 10.2 Å². The minimum atomic E-state index is -0.346. The largest absolute Gasteiger partial charge is 0.313 e. The van der Waals surface area contributed by atoms with E-state index in [1.54, 1.807) is 13.2 Å². The van der Waals surface area contributed by atoms with E-state index in [9.17, 15) is 9.18 Å². The predicted octanol–water partition coefficient (Wildman–Crippen LogP) is 6.03. The first-order valence-corrected chi connectivity index (χ1v) is 11.8. The molecule has 0 radical (unpaired) electrons. The maximum Gasteiger partial charge on any atom is 0.227 e. The van der Waals surface area contributed by atoms with Crippen LogP contribution in [0.2, 0.25) is 0 Å². The smallest absolute Gasteiger partial charge is 0.227 e. The van der Waals surface area contributed by atoms with Gasteiger partial charge in [-0.1, -0.05) is 51.9 Å². The molecule has 5 heteroatoms. The second kappa shape index (κ2) is 11.9. The molecule has 4 nitrogen and oxygen atoms in total. The van der Waals surface area contributed by atoms with Crippen LogP contribution in [-0.4, -0.2) is 24.5 Å². The number of fused-ring (bicyclic) bond motifs is 1. The number of anilines is 1. The number of rotatable bonds is 12. The second-order valence-corrected chi connectivity index (χ2v) is 8.65. The zero-order chi connectivity index (χ0) is 22.1. The molecule has 0 atom stereocenters. The van der Waals surface area contributed by atoms with E-state index < -0.39 is 0 Å². The zero-order valence-corrected chi connectivity index (χ0v) is 19.1. The van der Waals surface area contributed by atoms with Gasteiger partial charge in [0.2, 0.25) is 5.91 Å². The highest BCUT2D eigenvalue weighted by Gasteiger charge is 2.25. The van der Waals surface area contributed by atoms with Gasteiger partial charge in [0.1, 0.15) is 5.82 Å². The fraction of sp³-hybridized carbons (Fsp3) is 0.538. The van der Waals surface area contributed by atoms with Crippen LogP contribution in [0.15, 0.2) is 30.6 Å². The molecular formula is C26H36FN3O. The lowest BCUT2D eigenvalue weighted by molar-refractivity contribution is -0.118. The highest BCUT2D eigenvalue weighted by atomic mass is 19.1. The molecule has 31 heavy (non-hydrogen) atoms. The summed E-state index contributed by atoms with van der Waals surface area (Å²) in [4.78, 5) is 17.7. The van der Waals surface area contributed by atoms with E-state index in [1.165, 1.54) is 62.3 Å². The van der Waals surface area contributed by atoms with Crippen LogP contribution in [-0.2, 0) is 17.8 Å². The topological polar surface area (TPSA) is 45.2 Å². The van der Waals surface area contributed by atoms with Crippen LogP contribution in [0.3, 0.4) is 0 Å². The number of aryl methyl sites for hydroxylation is 1. The molecule has 1 N–H and O–H groups in total. The SMILES string of the molecule is CCCCCCCCCCNCc1cncc(-c2cc(F)c3c(c2)CCC(=O)N3C)c1. The number of carbonyl (C=O) groups excluding carboxylic acids is 1. The van der Waals surface area contributed by atoms with Gasteiger partial charge in [-0.3, -0.25) is 9.78 Å². The molecule has 2 heterocycles. The summed E-state index contributed by atoms with van der Waals surface area (Å²) < 4.78 is 14.8. The van der Waals surface area contributed by atoms with E-state index in [4.69, 9.17) is 0 Å². The van der Waals surface area contributed by atoms with Crippen molar-refractivity contribution in [2.24, 2.45) is 0 Å². The Morgan fingerprint density at radius 2 is 1.71 bits per heavy atom. The first-order valence-electron chi connectivity index (χ1n) is 11.8. The summed E-state index contributed by atoms with van der Waals surface area (Å²) in [5, 5.41) is 3.51. The third kappa shape index (κ3) is 6.60. The number of halogens is 1. The van der Waals surface area contributed by atoms with Crippen molar-refractivity contribution >= 4 is 11.6 Å². The van der Waals surface area contributed by atoms with Crippen LogP contribution in [0.5, 0.6) is 0 Å². The van der Waals surface area contributed by atoms with E-state index in [2.05, 4.69) is 23.3 Å². The van der Waals surface area contributed by atoms with Crippen molar-refractivity contribution in [3.8, 4) is 11.1 Å². The summed E-state index contributed by atoms with van der Waals surface area (Å²) in [6.07, 6.45) is 15.2. The zero-order valence-electron chi connectivity index (χ0n) is 19.1. The number of aromatic nitrogens is 1. The van der Waals surface area contributed by atoms with E-state index in [-0.39, 0.29) is 11.7 Å². The Kier molecular flexibility index (Phi) is 9.01. The summed E-state index contributed by atoms with van der Waals surface area (Å²) in [6, 6.07) is 5.59. The van der Waals surface area contributed by atoms with Crippen molar-refractivity contribution in [3.05, 3.63) is 47.5 Å². The highest BCUT2D eigenvalue weighted by Crippen LogP contribution is 2.34. The minimum Gasteiger partial charge on any atom is -0.313 e. The summed E-state index contributed by atoms with van der Waals surface area (Å²) in [7, 11) is 1.64. The van der Waals surface area contributed by atoms with Crippen molar-refractivity contribution in [1.82, 2.24) is 10.3 Å². The number of hydrogen-bond acceptors (Lipinski definition) is 3. The number of nitrogens with one attached hydrogen (secondary N) is 1. The number of unbranched alkanes of at least 4 members (excludes halogenated alkanes) is 7. The number of hydrogen-bond donors (Lipinski definition) is 1. The molecule has 0 bridgehead atoms. The normalized spacial score (nSPS) is 13.5. The Morgan fingerprint density at radius 1 is 0.968 bits per heavy atom. The lowest BCUT2D eigenvalue weighted by Crippen LogP contribution is -2.32. The Balaban J connectivity index is 1.50. The molecule has 1 aliphatic heterocycles. The van der Waals surface area contributed by atoms with E-state index in [0.717, 1.165) is 35.3 Å². The van der Waals surface area contributed by atoms with E-state index in [1.807, 2.05) is 12.3 Å². The Labute approximate surface area is 186 Å². The number of nitrogens with zero attached hydrogens (tertiary/aromatic N) is 2. The summed E-state index contributed by atoms with van der Waals surface area (Å²) >= 11 is 0. The standard InChI is InChI=1S/C26H36FN3O/c1-3-4-5-6-7-8-9-10-13-28-17-20-14-23(19-29-18-20)22-15-21-11-12-25(31)30(2)26(21)24(27)16-22/h14-16,18-19,28H,3-13,17H2,1-2H3. The molecule has 0 fully saturated rings. The van der Waals surface area contributed by atoms with Crippen LogP contribution in [0.25, 0.3) is 11.1 Å². The Bertz CT molecular complexity index is 868. The maximum atomic E-state index is 14.8. The molecule has 3 rings (SSSR count). The number of benzene rings is 1. The average Bonchev–Trinajstić information content (AvgIpc) is 2.77. The van der Waals surface area contributed by atoms with Crippen LogP contribution in [0.1, 0.15) is 75.8 Å². The summed E-state index contributed by atoms with van der Waals surface area (Å²) in [5.41, 5.74) is 4.12. The van der Waals surface area contributed by atoms with Gasteiger partial charge < -0.3 is 10.2 Å². The van der Waals surface area contributed by atoms with Crippen molar-refractivity contribution in [2.75, 3.05) is 18.5 Å². The number of amides is 1. The van der Waals surface area contributed by atoms with Crippen molar-refractivity contribution in [2.45, 2.75) is 77.7 Å². The fourth-order valence-corrected chi connectivity index (χ4v) is 4.28. The number of pyridine rings is 1. The minimum absolute atomic E-state index is 0.0367. The lowest BCUT2D eigenvalue weighted by Gasteiger charge is -2.26. The summed E-state index contributed by atoms with van der Waals surface area (Å²) in [6.45, 7) is 4.03. The molecule has 0 unspecified atom stereocenters. The van der Waals surface area contributed by atoms with Gasteiger partial charge in [-0.05, 0) is 54.3 Å². The molecule has 1 aromatic carbocycles. The molecule has 1 amide bonds. The molecule has 0 saturated heterocycles. The van der Waals surface area contributed by atoms with Gasteiger partial charge in [0, 0.05) is 38.0 Å². The highest BCUT2D eigenvalue weighted by molar-refractivity contribution is 5.96. The first-order chi connectivity index (χ1) is 15.1. The molecule has 1 aliphatic rings. The Morgan fingerprint density at radius 3 is 2.48 bits per heavy atom. The van der Waals surface area contributed by atoms with Gasteiger partial charge in [-0.25, -0.2) is 4.39 Å². The van der Waals surface area contributed by atoms with Crippen LogP contribution in [0.4, 0.5) is 10.1 Å². The number of carbonyl (C=O) groups is 1. The van der Waals surface area contributed by atoms with Crippen molar-refractivity contribution in [1.29, 1.82) is 0 Å². The fourth-order valence-electron chi connectivity index (χ4n) is 4.28. The predicted molar refractivity (Wildman–Crippen MR) is 126 cm³/mol. The third-order valence-corrected chi connectivity index (χ3v) is 6.12. The molecule has 0 saturated carbocycles. The molecule has 0 spiro atoms. The molecule has 0 aliphatic carbocycles. The van der Waals surface area contributed by atoms with Gasteiger partial charge >= 0.3 is 0 Å². The third-order valence-electron chi connectivity index (χ3n) is 6.12. The van der Waals surface area contributed by atoms with E-state index >= 15 is 0 Å². The molecule has 2 aromatic rings. The van der Waals surface area contributed by atoms with Crippen molar-refractivity contribution < 1.29 is 9.18 Å². The first kappa shape index (κ1) is 23.4. The van der Waals surface area contributed by atoms with Crippen LogP contribution in [0, 0.1) is 5.82 Å². The second-order valence-electron chi connectivity index (χ2n) is 8.65. The maximum absolute atomic E-state index is 14.8. The molecule has 1 aromatic heterocycles.